The van der Waals surface area contributed by atoms with E-state index >= 15 is 0 Å². The molecular weight excluding hydrogens is 374 g/mol. The standard InChI is InChI=1S/C18H14BrNO4/c1-23-14-5-3-4-11(7-14)18(22)13(10-20)6-12-8-17(24-2)16(21)9-15(12)19/h3-9,21H,1-2H3/b13-6-. The van der Waals surface area contributed by atoms with Gasteiger partial charge in [-0.15, -0.1) is 0 Å². The number of benzene rings is 2. The molecule has 1 N–H and O–H groups in total. The van der Waals surface area contributed by atoms with Crippen molar-refractivity contribution in [3.05, 3.63) is 57.6 Å². The first-order chi connectivity index (χ1) is 11.5. The third-order valence-electron chi connectivity index (χ3n) is 3.30. The van der Waals surface area contributed by atoms with E-state index in [1.165, 1.54) is 32.4 Å². The molecular formula is C18H14BrNO4. The Kier molecular flexibility index (Phi) is 5.61. The second-order valence-corrected chi connectivity index (χ2v) is 5.63. The molecule has 0 aliphatic rings. The highest BCUT2D eigenvalue weighted by atomic mass is 79.9. The van der Waals surface area contributed by atoms with Crippen LogP contribution in [0.15, 0.2) is 46.4 Å². The van der Waals surface area contributed by atoms with Crippen molar-refractivity contribution in [2.24, 2.45) is 0 Å². The molecule has 0 heterocycles. The number of carbonyl (C=O) groups is 1. The topological polar surface area (TPSA) is 79.6 Å². The highest BCUT2D eigenvalue weighted by Crippen LogP contribution is 2.33. The summed E-state index contributed by atoms with van der Waals surface area (Å²) in [4.78, 5) is 12.5. The van der Waals surface area contributed by atoms with E-state index in [2.05, 4.69) is 15.9 Å². The zero-order valence-corrected chi connectivity index (χ0v) is 14.6. The maximum atomic E-state index is 12.5. The fourth-order valence-electron chi connectivity index (χ4n) is 2.06. The molecule has 0 radical (unpaired) electrons. The monoisotopic (exact) mass is 387 g/mol. The fourth-order valence-corrected chi connectivity index (χ4v) is 2.50. The first kappa shape index (κ1) is 17.6. The van der Waals surface area contributed by atoms with Crippen LogP contribution in [-0.2, 0) is 0 Å². The van der Waals surface area contributed by atoms with E-state index in [-0.39, 0.29) is 17.1 Å². The van der Waals surface area contributed by atoms with Crippen molar-refractivity contribution in [1.29, 1.82) is 5.26 Å². The maximum absolute atomic E-state index is 12.5. The van der Waals surface area contributed by atoms with Gasteiger partial charge in [-0.05, 0) is 35.9 Å². The summed E-state index contributed by atoms with van der Waals surface area (Å²) in [6, 6.07) is 11.5. The predicted octanol–water partition coefficient (Wildman–Crippen LogP) is 3.96. The van der Waals surface area contributed by atoms with Crippen LogP contribution in [-0.4, -0.2) is 25.1 Å². The molecule has 2 aromatic carbocycles. The molecule has 0 fully saturated rings. The predicted molar refractivity (Wildman–Crippen MR) is 93.3 cm³/mol. The van der Waals surface area contributed by atoms with Gasteiger partial charge in [0, 0.05) is 10.0 Å². The van der Waals surface area contributed by atoms with E-state index in [1.807, 2.05) is 6.07 Å². The van der Waals surface area contributed by atoms with E-state index in [1.54, 1.807) is 24.3 Å². The molecule has 2 rings (SSSR count). The minimum Gasteiger partial charge on any atom is -0.504 e. The lowest BCUT2D eigenvalue weighted by atomic mass is 10.0. The van der Waals surface area contributed by atoms with Crippen LogP contribution in [0, 0.1) is 11.3 Å². The summed E-state index contributed by atoms with van der Waals surface area (Å²) in [6.07, 6.45) is 1.44. The molecule has 0 aliphatic heterocycles. The van der Waals surface area contributed by atoms with Gasteiger partial charge in [-0.3, -0.25) is 4.79 Å². The van der Waals surface area contributed by atoms with Crippen LogP contribution in [0.5, 0.6) is 17.2 Å². The highest BCUT2D eigenvalue weighted by molar-refractivity contribution is 9.10. The van der Waals surface area contributed by atoms with Gasteiger partial charge in [0.25, 0.3) is 0 Å². The highest BCUT2D eigenvalue weighted by Gasteiger charge is 2.15. The van der Waals surface area contributed by atoms with Crippen molar-refractivity contribution in [2.75, 3.05) is 14.2 Å². The summed E-state index contributed by atoms with van der Waals surface area (Å²) >= 11 is 3.30. The van der Waals surface area contributed by atoms with E-state index in [0.717, 1.165) is 0 Å². The number of hydrogen-bond acceptors (Lipinski definition) is 5. The first-order valence-electron chi connectivity index (χ1n) is 6.87. The summed E-state index contributed by atoms with van der Waals surface area (Å²) in [5.41, 5.74) is 0.846. The Morgan fingerprint density at radius 1 is 1.25 bits per heavy atom. The van der Waals surface area contributed by atoms with Gasteiger partial charge < -0.3 is 14.6 Å². The quantitative estimate of drug-likeness (QED) is 0.477. The number of nitrogens with zero attached hydrogens (tertiary/aromatic N) is 1. The third-order valence-corrected chi connectivity index (χ3v) is 3.98. The van der Waals surface area contributed by atoms with Gasteiger partial charge >= 0.3 is 0 Å². The Hall–Kier alpha value is -2.78. The summed E-state index contributed by atoms with van der Waals surface area (Å²) in [6.45, 7) is 0. The average Bonchev–Trinajstić information content (AvgIpc) is 2.60. The third kappa shape index (κ3) is 3.76. The number of aromatic hydroxyl groups is 1. The lowest BCUT2D eigenvalue weighted by Gasteiger charge is -2.07. The number of allylic oxidation sites excluding steroid dienone is 1. The maximum Gasteiger partial charge on any atom is 0.203 e. The van der Waals surface area contributed by atoms with Crippen molar-refractivity contribution >= 4 is 27.8 Å². The number of ether oxygens (including phenoxy) is 2. The average molecular weight is 388 g/mol. The largest absolute Gasteiger partial charge is 0.504 e. The number of hydrogen-bond donors (Lipinski definition) is 1. The molecule has 6 heteroatoms. The van der Waals surface area contributed by atoms with Crippen LogP contribution < -0.4 is 9.47 Å². The summed E-state index contributed by atoms with van der Waals surface area (Å²) in [5.74, 6) is 0.315. The van der Waals surface area contributed by atoms with Crippen molar-refractivity contribution in [2.45, 2.75) is 0 Å². The Morgan fingerprint density at radius 3 is 2.62 bits per heavy atom. The molecule has 0 atom stereocenters. The van der Waals surface area contributed by atoms with Crippen LogP contribution >= 0.6 is 15.9 Å². The van der Waals surface area contributed by atoms with E-state index in [9.17, 15) is 15.2 Å². The van der Waals surface area contributed by atoms with Crippen molar-refractivity contribution in [1.82, 2.24) is 0 Å². The van der Waals surface area contributed by atoms with E-state index < -0.39 is 5.78 Å². The van der Waals surface area contributed by atoms with E-state index in [4.69, 9.17) is 9.47 Å². The summed E-state index contributed by atoms with van der Waals surface area (Å²) in [5, 5.41) is 19.1. The zero-order valence-electron chi connectivity index (χ0n) is 13.0. The molecule has 0 unspecified atom stereocenters. The number of Topliss-reactive ketones (excluding diaryl/α,β-unsaturated/α-hetero) is 1. The van der Waals surface area contributed by atoms with Crippen molar-refractivity contribution in [3.63, 3.8) is 0 Å². The molecule has 0 spiro atoms. The van der Waals surface area contributed by atoms with Gasteiger partial charge in [-0.2, -0.15) is 5.26 Å². The molecule has 0 bridgehead atoms. The van der Waals surface area contributed by atoms with Crippen LogP contribution in [0.4, 0.5) is 0 Å². The number of methoxy groups -OCH3 is 2. The molecule has 2 aromatic rings. The van der Waals surface area contributed by atoms with Crippen molar-refractivity contribution in [3.8, 4) is 23.3 Å². The second-order valence-electron chi connectivity index (χ2n) is 4.78. The van der Waals surface area contributed by atoms with Crippen molar-refractivity contribution < 1.29 is 19.4 Å². The minimum absolute atomic E-state index is 0.0424. The Morgan fingerprint density at radius 2 is 2.00 bits per heavy atom. The van der Waals surface area contributed by atoms with Gasteiger partial charge in [0.15, 0.2) is 11.5 Å². The Labute approximate surface area is 147 Å². The zero-order chi connectivity index (χ0) is 17.7. The molecule has 0 amide bonds. The number of phenols is 1. The molecule has 0 aliphatic carbocycles. The van der Waals surface area contributed by atoms with Crippen LogP contribution in [0.1, 0.15) is 15.9 Å². The number of ketones is 1. The minimum atomic E-state index is -0.421. The Bertz CT molecular complexity index is 853. The van der Waals surface area contributed by atoms with Gasteiger partial charge in [-0.1, -0.05) is 28.1 Å². The van der Waals surface area contributed by atoms with E-state index in [0.29, 0.717) is 21.3 Å². The number of carbonyl (C=O) groups excluding carboxylic acids is 1. The summed E-state index contributed by atoms with van der Waals surface area (Å²) in [7, 11) is 2.92. The molecule has 122 valence electrons. The second kappa shape index (κ2) is 7.66. The lowest BCUT2D eigenvalue weighted by molar-refractivity contribution is 0.103. The number of nitriles is 1. The van der Waals surface area contributed by atoms with Crippen LogP contribution in [0.25, 0.3) is 6.08 Å². The van der Waals surface area contributed by atoms with Gasteiger partial charge in [0.2, 0.25) is 5.78 Å². The molecule has 24 heavy (non-hydrogen) atoms. The number of halogens is 1. The van der Waals surface area contributed by atoms with Crippen LogP contribution in [0.2, 0.25) is 0 Å². The van der Waals surface area contributed by atoms with Gasteiger partial charge in [0.05, 0.1) is 14.2 Å². The SMILES string of the molecule is COc1cccc(C(=O)/C(C#N)=C\c2cc(OC)c(O)cc2Br)c1. The smallest absolute Gasteiger partial charge is 0.203 e. The normalized spacial score (nSPS) is 10.8. The summed E-state index contributed by atoms with van der Waals surface area (Å²) < 4.78 is 10.7. The Balaban J connectivity index is 2.46. The molecule has 5 nitrogen and oxygen atoms in total. The molecule has 0 saturated carbocycles. The molecule has 0 saturated heterocycles. The lowest BCUT2D eigenvalue weighted by Crippen LogP contribution is -2.02. The number of rotatable bonds is 5. The first-order valence-corrected chi connectivity index (χ1v) is 7.66. The van der Waals surface area contributed by atoms with Gasteiger partial charge in [-0.25, -0.2) is 0 Å². The van der Waals surface area contributed by atoms with Crippen LogP contribution in [0.3, 0.4) is 0 Å². The fraction of sp³-hybridized carbons (Fsp3) is 0.111. The number of phenolic OH excluding ortho intramolecular Hbond substituents is 1. The van der Waals surface area contributed by atoms with Gasteiger partial charge in [0.1, 0.15) is 17.4 Å². The molecule has 0 aromatic heterocycles.